The van der Waals surface area contributed by atoms with Gasteiger partial charge < -0.3 is 5.11 Å². The molecule has 0 aliphatic rings. The predicted molar refractivity (Wildman–Crippen MR) is 76.3 cm³/mol. The zero-order chi connectivity index (χ0) is 14.9. The van der Waals surface area contributed by atoms with E-state index in [0.717, 1.165) is 16.8 Å². The van der Waals surface area contributed by atoms with Crippen molar-refractivity contribution in [2.75, 3.05) is 0 Å². The van der Waals surface area contributed by atoms with Crippen molar-refractivity contribution in [3.63, 3.8) is 0 Å². The Kier molecular flexibility index (Phi) is 3.88. The van der Waals surface area contributed by atoms with E-state index in [4.69, 9.17) is 0 Å². The molecule has 0 saturated heterocycles. The lowest BCUT2D eigenvalue weighted by Crippen LogP contribution is -2.10. The monoisotopic (exact) mass is 273 g/mol. The zero-order valence-electron chi connectivity index (χ0n) is 12.2. The van der Waals surface area contributed by atoms with Crippen LogP contribution in [0.15, 0.2) is 18.2 Å². The molecule has 0 saturated carbocycles. The highest BCUT2D eigenvalue weighted by Gasteiger charge is 2.21. The van der Waals surface area contributed by atoms with Gasteiger partial charge in [0, 0.05) is 0 Å². The maximum atomic E-state index is 11.3. The van der Waals surface area contributed by atoms with E-state index in [0.29, 0.717) is 18.0 Å². The first-order valence-electron chi connectivity index (χ1n) is 6.65. The molecule has 1 aromatic carbocycles. The summed E-state index contributed by atoms with van der Waals surface area (Å²) in [5.41, 5.74) is 3.79. The first-order chi connectivity index (χ1) is 9.40. The van der Waals surface area contributed by atoms with Crippen molar-refractivity contribution in [1.82, 2.24) is 15.0 Å². The van der Waals surface area contributed by atoms with Gasteiger partial charge in [0.15, 0.2) is 5.69 Å². The van der Waals surface area contributed by atoms with Crippen LogP contribution in [0.5, 0.6) is 0 Å². The highest BCUT2D eigenvalue weighted by molar-refractivity contribution is 5.86. The summed E-state index contributed by atoms with van der Waals surface area (Å²) in [6.45, 7) is 8.11. The summed E-state index contributed by atoms with van der Waals surface area (Å²) in [5.74, 6) is -0.701. The van der Waals surface area contributed by atoms with E-state index >= 15 is 0 Å². The lowest BCUT2D eigenvalue weighted by atomic mass is 10.1. The largest absolute Gasteiger partial charge is 0.476 e. The minimum absolute atomic E-state index is 0.0404. The number of nitrogens with zero attached hydrogens (tertiary/aromatic N) is 3. The Hall–Kier alpha value is -2.17. The summed E-state index contributed by atoms with van der Waals surface area (Å²) in [7, 11) is 0. The number of hydrogen-bond acceptors (Lipinski definition) is 3. The molecule has 0 aliphatic carbocycles. The molecule has 5 nitrogen and oxygen atoms in total. The number of aryl methyl sites for hydroxylation is 2. The summed E-state index contributed by atoms with van der Waals surface area (Å²) in [5, 5.41) is 17.1. The molecule has 2 aromatic rings. The van der Waals surface area contributed by atoms with Crippen molar-refractivity contribution < 1.29 is 9.90 Å². The predicted octanol–water partition coefficient (Wildman–Crippen LogP) is 2.78. The second-order valence-corrected chi connectivity index (χ2v) is 5.49. The molecular formula is C15H19N3O2. The number of rotatable bonds is 4. The Bertz CT molecular complexity index is 645. The van der Waals surface area contributed by atoms with Crippen LogP contribution in [0.25, 0.3) is 5.69 Å². The van der Waals surface area contributed by atoms with Gasteiger partial charge in [-0.25, -0.2) is 9.48 Å². The fraction of sp³-hybridized carbons (Fsp3) is 0.400. The van der Waals surface area contributed by atoms with E-state index in [1.165, 1.54) is 0 Å². The van der Waals surface area contributed by atoms with Crippen molar-refractivity contribution in [2.45, 2.75) is 34.1 Å². The third-order valence-corrected chi connectivity index (χ3v) is 3.15. The molecule has 1 N–H and O–H groups in total. The Balaban J connectivity index is 2.58. The third kappa shape index (κ3) is 2.71. The molecule has 5 heteroatoms. The fourth-order valence-corrected chi connectivity index (χ4v) is 2.27. The summed E-state index contributed by atoms with van der Waals surface area (Å²) in [6.07, 6.45) is 0.627. The SMILES string of the molecule is Cc1ccc(-n2nnc(C(=O)O)c2CC(C)C)c(C)c1. The standard InChI is InChI=1S/C15H19N3O2/c1-9(2)7-13-14(15(19)20)16-17-18(13)12-6-5-10(3)8-11(12)4/h5-6,8-9H,7H2,1-4H3,(H,19,20). The highest BCUT2D eigenvalue weighted by atomic mass is 16.4. The van der Waals surface area contributed by atoms with Crippen molar-refractivity contribution in [1.29, 1.82) is 0 Å². The third-order valence-electron chi connectivity index (χ3n) is 3.15. The Labute approximate surface area is 118 Å². The maximum Gasteiger partial charge on any atom is 0.358 e. The van der Waals surface area contributed by atoms with Gasteiger partial charge in [-0.05, 0) is 37.8 Å². The van der Waals surface area contributed by atoms with Crippen LogP contribution in [-0.2, 0) is 6.42 Å². The molecule has 1 aromatic heterocycles. The van der Waals surface area contributed by atoms with Crippen LogP contribution in [0.2, 0.25) is 0 Å². The number of carbonyl (C=O) groups is 1. The van der Waals surface area contributed by atoms with Gasteiger partial charge in [0.05, 0.1) is 11.4 Å². The molecule has 0 radical (unpaired) electrons. The van der Waals surface area contributed by atoms with Crippen LogP contribution < -0.4 is 0 Å². The van der Waals surface area contributed by atoms with E-state index in [9.17, 15) is 9.90 Å². The van der Waals surface area contributed by atoms with Gasteiger partial charge >= 0.3 is 5.97 Å². The molecule has 0 unspecified atom stereocenters. The Morgan fingerprint density at radius 1 is 1.35 bits per heavy atom. The molecule has 106 valence electrons. The number of carboxylic acid groups (broad SMARTS) is 1. The van der Waals surface area contributed by atoms with E-state index in [2.05, 4.69) is 16.4 Å². The molecule has 0 atom stereocenters. The Morgan fingerprint density at radius 2 is 2.05 bits per heavy atom. The van der Waals surface area contributed by atoms with E-state index in [1.54, 1.807) is 4.68 Å². The summed E-state index contributed by atoms with van der Waals surface area (Å²) < 4.78 is 1.65. The minimum Gasteiger partial charge on any atom is -0.476 e. The molecule has 0 aliphatic heterocycles. The number of aromatic nitrogens is 3. The van der Waals surface area contributed by atoms with Crippen LogP contribution >= 0.6 is 0 Å². The summed E-state index contributed by atoms with van der Waals surface area (Å²) >= 11 is 0. The molecule has 2 rings (SSSR count). The summed E-state index contributed by atoms with van der Waals surface area (Å²) in [4.78, 5) is 11.3. The van der Waals surface area contributed by atoms with E-state index < -0.39 is 5.97 Å². The van der Waals surface area contributed by atoms with Crippen molar-refractivity contribution in [3.8, 4) is 5.69 Å². The smallest absolute Gasteiger partial charge is 0.358 e. The van der Waals surface area contributed by atoms with Gasteiger partial charge in [-0.15, -0.1) is 5.10 Å². The first-order valence-corrected chi connectivity index (χ1v) is 6.65. The topological polar surface area (TPSA) is 68.0 Å². The maximum absolute atomic E-state index is 11.3. The van der Waals surface area contributed by atoms with Crippen LogP contribution in [0.3, 0.4) is 0 Å². The molecule has 1 heterocycles. The number of hydrogen-bond donors (Lipinski definition) is 1. The van der Waals surface area contributed by atoms with Gasteiger partial charge in [-0.1, -0.05) is 36.8 Å². The second kappa shape index (κ2) is 5.45. The highest BCUT2D eigenvalue weighted by Crippen LogP contribution is 2.20. The lowest BCUT2D eigenvalue weighted by Gasteiger charge is -2.11. The van der Waals surface area contributed by atoms with Crippen LogP contribution in [-0.4, -0.2) is 26.1 Å². The van der Waals surface area contributed by atoms with Crippen molar-refractivity contribution in [3.05, 3.63) is 40.7 Å². The van der Waals surface area contributed by atoms with Gasteiger partial charge in [-0.3, -0.25) is 0 Å². The zero-order valence-corrected chi connectivity index (χ0v) is 12.2. The van der Waals surface area contributed by atoms with E-state index in [-0.39, 0.29) is 5.69 Å². The van der Waals surface area contributed by atoms with Gasteiger partial charge in [0.25, 0.3) is 0 Å². The van der Waals surface area contributed by atoms with Gasteiger partial charge in [-0.2, -0.15) is 0 Å². The normalized spacial score (nSPS) is 11.1. The molecule has 0 amide bonds. The lowest BCUT2D eigenvalue weighted by molar-refractivity contribution is 0.0689. The van der Waals surface area contributed by atoms with Crippen molar-refractivity contribution >= 4 is 5.97 Å². The molecular weight excluding hydrogens is 254 g/mol. The van der Waals surface area contributed by atoms with Crippen LogP contribution in [0.1, 0.15) is 41.2 Å². The Morgan fingerprint density at radius 3 is 2.60 bits per heavy atom. The van der Waals surface area contributed by atoms with E-state index in [1.807, 2.05) is 39.8 Å². The number of aromatic carboxylic acids is 1. The molecule has 0 bridgehead atoms. The van der Waals surface area contributed by atoms with Crippen LogP contribution in [0.4, 0.5) is 0 Å². The minimum atomic E-state index is -1.03. The molecule has 0 spiro atoms. The number of benzene rings is 1. The second-order valence-electron chi connectivity index (χ2n) is 5.49. The fourth-order valence-electron chi connectivity index (χ4n) is 2.27. The summed E-state index contributed by atoms with van der Waals surface area (Å²) in [6, 6.07) is 6.00. The number of carboxylic acids is 1. The van der Waals surface area contributed by atoms with Gasteiger partial charge in [0.2, 0.25) is 0 Å². The van der Waals surface area contributed by atoms with Crippen molar-refractivity contribution in [2.24, 2.45) is 5.92 Å². The first kappa shape index (κ1) is 14.2. The average Bonchev–Trinajstić information content (AvgIpc) is 2.72. The van der Waals surface area contributed by atoms with Gasteiger partial charge in [0.1, 0.15) is 0 Å². The van der Waals surface area contributed by atoms with Crippen LogP contribution in [0, 0.1) is 19.8 Å². The molecule has 20 heavy (non-hydrogen) atoms. The quantitative estimate of drug-likeness (QED) is 0.930. The average molecular weight is 273 g/mol. The molecule has 0 fully saturated rings.